The van der Waals surface area contributed by atoms with E-state index >= 15 is 0 Å². The fourth-order valence-electron chi connectivity index (χ4n) is 3.48. The van der Waals surface area contributed by atoms with Gasteiger partial charge >= 0.3 is 0 Å². The molecule has 0 N–H and O–H groups in total. The molecule has 7 heteroatoms. The van der Waals surface area contributed by atoms with Crippen molar-refractivity contribution in [2.24, 2.45) is 0 Å². The van der Waals surface area contributed by atoms with Gasteiger partial charge in [-0.15, -0.1) is 0 Å². The zero-order chi connectivity index (χ0) is 15.8. The standard InChI is InChI=1S/C16H21N5O2/c1-12-7-13(18-23-12)9-19-6-4-14(10-19)21-11-15(8-17-21)20-5-2-3-16(20)22/h7-8,11,14H,2-6,9-10H2,1H3. The van der Waals surface area contributed by atoms with Crippen LogP contribution in [0.25, 0.3) is 0 Å². The lowest BCUT2D eigenvalue weighted by molar-refractivity contribution is -0.117. The van der Waals surface area contributed by atoms with E-state index in [4.69, 9.17) is 4.52 Å². The lowest BCUT2D eigenvalue weighted by Crippen LogP contribution is -2.23. The summed E-state index contributed by atoms with van der Waals surface area (Å²) in [5, 5.41) is 8.54. The van der Waals surface area contributed by atoms with Gasteiger partial charge in [-0.25, -0.2) is 0 Å². The van der Waals surface area contributed by atoms with Crippen LogP contribution in [-0.2, 0) is 11.3 Å². The van der Waals surface area contributed by atoms with Crippen molar-refractivity contribution in [1.82, 2.24) is 19.8 Å². The van der Waals surface area contributed by atoms with E-state index in [1.807, 2.05) is 35.0 Å². The number of likely N-dealkylation sites (tertiary alicyclic amines) is 1. The lowest BCUT2D eigenvalue weighted by atomic mass is 10.3. The molecule has 2 aliphatic heterocycles. The quantitative estimate of drug-likeness (QED) is 0.860. The number of hydrogen-bond donors (Lipinski definition) is 0. The minimum absolute atomic E-state index is 0.207. The number of nitrogens with zero attached hydrogens (tertiary/aromatic N) is 5. The molecule has 0 spiro atoms. The molecule has 2 saturated heterocycles. The molecule has 0 aliphatic carbocycles. The number of carbonyl (C=O) groups excluding carboxylic acids is 1. The molecule has 2 aromatic rings. The van der Waals surface area contributed by atoms with Crippen LogP contribution in [0.3, 0.4) is 0 Å². The minimum Gasteiger partial charge on any atom is -0.361 e. The molecule has 0 bridgehead atoms. The van der Waals surface area contributed by atoms with E-state index in [1.165, 1.54) is 0 Å². The second-order valence-electron chi connectivity index (χ2n) is 6.43. The van der Waals surface area contributed by atoms with Crippen LogP contribution in [0.4, 0.5) is 5.69 Å². The Labute approximate surface area is 134 Å². The Morgan fingerprint density at radius 3 is 3.04 bits per heavy atom. The zero-order valence-corrected chi connectivity index (χ0v) is 13.3. The summed E-state index contributed by atoms with van der Waals surface area (Å²) < 4.78 is 7.13. The van der Waals surface area contributed by atoms with Gasteiger partial charge in [0.05, 0.1) is 23.6 Å². The van der Waals surface area contributed by atoms with Gasteiger partial charge in [-0.2, -0.15) is 5.10 Å². The van der Waals surface area contributed by atoms with Gasteiger partial charge in [0, 0.05) is 44.9 Å². The van der Waals surface area contributed by atoms with Crippen molar-refractivity contribution in [2.75, 3.05) is 24.5 Å². The van der Waals surface area contributed by atoms with E-state index in [0.29, 0.717) is 12.5 Å². The summed E-state index contributed by atoms with van der Waals surface area (Å²) in [4.78, 5) is 16.0. The summed E-state index contributed by atoms with van der Waals surface area (Å²) in [6.07, 6.45) is 6.48. The first-order chi connectivity index (χ1) is 11.2. The third-order valence-corrected chi connectivity index (χ3v) is 4.66. The Bertz CT molecular complexity index is 707. The molecule has 2 aliphatic rings. The van der Waals surface area contributed by atoms with Gasteiger partial charge in [-0.1, -0.05) is 5.16 Å². The number of amides is 1. The van der Waals surface area contributed by atoms with Crippen LogP contribution in [0.5, 0.6) is 0 Å². The first kappa shape index (κ1) is 14.4. The third-order valence-electron chi connectivity index (χ3n) is 4.66. The number of aryl methyl sites for hydroxylation is 1. The first-order valence-electron chi connectivity index (χ1n) is 8.18. The molecule has 4 rings (SSSR count). The van der Waals surface area contributed by atoms with Crippen molar-refractivity contribution in [3.8, 4) is 0 Å². The van der Waals surface area contributed by atoms with Gasteiger partial charge in [-0.3, -0.25) is 14.4 Å². The molecular formula is C16H21N5O2. The van der Waals surface area contributed by atoms with Crippen LogP contribution in [0, 0.1) is 6.92 Å². The number of hydrogen-bond acceptors (Lipinski definition) is 5. The van der Waals surface area contributed by atoms with Crippen molar-refractivity contribution >= 4 is 11.6 Å². The van der Waals surface area contributed by atoms with E-state index < -0.39 is 0 Å². The molecule has 2 fully saturated rings. The van der Waals surface area contributed by atoms with Crippen LogP contribution in [0.1, 0.15) is 36.8 Å². The molecule has 1 amide bonds. The Morgan fingerprint density at radius 1 is 1.39 bits per heavy atom. The lowest BCUT2D eigenvalue weighted by Gasteiger charge is -2.15. The highest BCUT2D eigenvalue weighted by atomic mass is 16.5. The van der Waals surface area contributed by atoms with Crippen molar-refractivity contribution in [3.63, 3.8) is 0 Å². The number of aromatic nitrogens is 3. The van der Waals surface area contributed by atoms with Gasteiger partial charge in [0.2, 0.25) is 5.91 Å². The first-order valence-corrected chi connectivity index (χ1v) is 8.18. The maximum absolute atomic E-state index is 11.8. The van der Waals surface area contributed by atoms with Gasteiger partial charge in [0.25, 0.3) is 0 Å². The van der Waals surface area contributed by atoms with E-state index in [9.17, 15) is 4.79 Å². The third kappa shape index (κ3) is 2.88. The summed E-state index contributed by atoms with van der Waals surface area (Å²) in [7, 11) is 0. The molecule has 0 radical (unpaired) electrons. The van der Waals surface area contributed by atoms with Gasteiger partial charge in [0.15, 0.2) is 0 Å². The molecule has 23 heavy (non-hydrogen) atoms. The molecule has 0 saturated carbocycles. The highest BCUT2D eigenvalue weighted by Gasteiger charge is 2.27. The largest absolute Gasteiger partial charge is 0.361 e. The summed E-state index contributed by atoms with van der Waals surface area (Å²) in [5.41, 5.74) is 1.91. The van der Waals surface area contributed by atoms with Crippen LogP contribution in [0.2, 0.25) is 0 Å². The molecule has 7 nitrogen and oxygen atoms in total. The van der Waals surface area contributed by atoms with Crippen molar-refractivity contribution in [3.05, 3.63) is 29.9 Å². The smallest absolute Gasteiger partial charge is 0.227 e. The Morgan fingerprint density at radius 2 is 2.30 bits per heavy atom. The van der Waals surface area contributed by atoms with Gasteiger partial charge < -0.3 is 9.42 Å². The van der Waals surface area contributed by atoms with E-state index in [1.54, 1.807) is 0 Å². The maximum Gasteiger partial charge on any atom is 0.227 e. The van der Waals surface area contributed by atoms with E-state index in [0.717, 1.165) is 56.2 Å². The predicted molar refractivity (Wildman–Crippen MR) is 84.0 cm³/mol. The predicted octanol–water partition coefficient (Wildman–Crippen LogP) is 1.75. The average molecular weight is 315 g/mol. The van der Waals surface area contributed by atoms with E-state index in [2.05, 4.69) is 15.2 Å². The molecule has 2 aromatic heterocycles. The van der Waals surface area contributed by atoms with Crippen molar-refractivity contribution < 1.29 is 9.32 Å². The highest BCUT2D eigenvalue weighted by Crippen LogP contribution is 2.26. The Hall–Kier alpha value is -2.15. The number of anilines is 1. The molecule has 122 valence electrons. The van der Waals surface area contributed by atoms with Crippen molar-refractivity contribution in [2.45, 2.75) is 38.8 Å². The van der Waals surface area contributed by atoms with E-state index in [-0.39, 0.29) is 5.91 Å². The zero-order valence-electron chi connectivity index (χ0n) is 13.3. The van der Waals surface area contributed by atoms with Crippen LogP contribution in [0.15, 0.2) is 23.0 Å². The summed E-state index contributed by atoms with van der Waals surface area (Å²) in [6.45, 7) is 5.50. The second kappa shape index (κ2) is 5.81. The fraction of sp³-hybridized carbons (Fsp3) is 0.562. The normalized spacial score (nSPS) is 22.4. The minimum atomic E-state index is 0.207. The van der Waals surface area contributed by atoms with Crippen LogP contribution >= 0.6 is 0 Å². The van der Waals surface area contributed by atoms with Crippen molar-refractivity contribution in [1.29, 1.82) is 0 Å². The average Bonchev–Trinajstić information content (AvgIpc) is 3.27. The molecular weight excluding hydrogens is 294 g/mol. The fourth-order valence-corrected chi connectivity index (χ4v) is 3.48. The van der Waals surface area contributed by atoms with Gasteiger partial charge in [0.1, 0.15) is 5.76 Å². The monoisotopic (exact) mass is 315 g/mol. The second-order valence-corrected chi connectivity index (χ2v) is 6.43. The number of rotatable bonds is 4. The maximum atomic E-state index is 11.8. The Kier molecular flexibility index (Phi) is 3.65. The number of carbonyl (C=O) groups is 1. The molecule has 4 heterocycles. The van der Waals surface area contributed by atoms with Gasteiger partial charge in [-0.05, 0) is 19.8 Å². The summed E-state index contributed by atoms with van der Waals surface area (Å²) in [6, 6.07) is 2.34. The summed E-state index contributed by atoms with van der Waals surface area (Å²) >= 11 is 0. The molecule has 1 atom stereocenters. The Balaban J connectivity index is 1.40. The highest BCUT2D eigenvalue weighted by molar-refractivity contribution is 5.95. The summed E-state index contributed by atoms with van der Waals surface area (Å²) in [5.74, 6) is 1.06. The topological polar surface area (TPSA) is 67.4 Å². The molecule has 0 aromatic carbocycles. The molecule has 1 unspecified atom stereocenters. The SMILES string of the molecule is Cc1cc(CN2CCC(n3cc(N4CCCC4=O)cn3)C2)no1. The van der Waals surface area contributed by atoms with Crippen LogP contribution in [-0.4, -0.2) is 45.4 Å². The van der Waals surface area contributed by atoms with Crippen LogP contribution < -0.4 is 4.90 Å².